The lowest BCUT2D eigenvalue weighted by Gasteiger charge is -2.32. The van der Waals surface area contributed by atoms with Crippen LogP contribution in [0.5, 0.6) is 0 Å². The smallest absolute Gasteiger partial charge is 0.308 e. The summed E-state index contributed by atoms with van der Waals surface area (Å²) in [6.45, 7) is 5.13. The summed E-state index contributed by atoms with van der Waals surface area (Å²) in [4.78, 5) is 30.4. The zero-order valence-corrected chi connectivity index (χ0v) is 15.1. The van der Waals surface area contributed by atoms with Crippen LogP contribution in [-0.4, -0.2) is 84.5 Å². The topological polar surface area (TPSA) is 64.1 Å². The molecular weight excluding hydrogens is 337 g/mol. The first-order valence-corrected chi connectivity index (χ1v) is 9.11. The number of hydrogen-bond donors (Lipinski definition) is 1. The maximum Gasteiger partial charge on any atom is 0.308 e. The van der Waals surface area contributed by atoms with Gasteiger partial charge in [-0.2, -0.15) is 0 Å². The van der Waals surface area contributed by atoms with Gasteiger partial charge in [-0.15, -0.1) is 0 Å². The van der Waals surface area contributed by atoms with E-state index in [9.17, 15) is 19.1 Å². The van der Waals surface area contributed by atoms with E-state index in [4.69, 9.17) is 0 Å². The molecule has 26 heavy (non-hydrogen) atoms. The minimum atomic E-state index is -0.936. The molecule has 0 radical (unpaired) electrons. The molecular formula is C19H26FN3O3. The second-order valence-electron chi connectivity index (χ2n) is 7.30. The zero-order valence-electron chi connectivity index (χ0n) is 15.1. The van der Waals surface area contributed by atoms with E-state index in [0.717, 1.165) is 26.2 Å². The number of carbonyl (C=O) groups excluding carboxylic acids is 1. The fourth-order valence-electron chi connectivity index (χ4n) is 3.82. The van der Waals surface area contributed by atoms with Crippen molar-refractivity contribution in [1.29, 1.82) is 0 Å². The molecule has 142 valence electrons. The Bertz CT molecular complexity index is 661. The molecule has 1 N–H and O–H groups in total. The molecule has 2 saturated heterocycles. The average molecular weight is 363 g/mol. The quantitative estimate of drug-likeness (QED) is 0.849. The van der Waals surface area contributed by atoms with Gasteiger partial charge in [0.15, 0.2) is 0 Å². The van der Waals surface area contributed by atoms with Crippen LogP contribution in [0.3, 0.4) is 0 Å². The Morgan fingerprint density at radius 1 is 1.19 bits per heavy atom. The third kappa shape index (κ3) is 4.40. The molecule has 0 spiro atoms. The number of likely N-dealkylation sites (tertiary alicyclic amines) is 1. The van der Waals surface area contributed by atoms with Gasteiger partial charge in [0, 0.05) is 58.2 Å². The van der Waals surface area contributed by atoms with E-state index in [1.165, 1.54) is 12.1 Å². The number of benzene rings is 1. The van der Waals surface area contributed by atoms with E-state index in [0.29, 0.717) is 25.1 Å². The molecule has 0 aliphatic carbocycles. The lowest BCUT2D eigenvalue weighted by atomic mass is 9.89. The van der Waals surface area contributed by atoms with Crippen molar-refractivity contribution in [1.82, 2.24) is 14.7 Å². The molecule has 0 aromatic heterocycles. The van der Waals surface area contributed by atoms with Gasteiger partial charge < -0.3 is 19.8 Å². The highest BCUT2D eigenvalue weighted by Crippen LogP contribution is 2.33. The van der Waals surface area contributed by atoms with E-state index in [2.05, 4.69) is 16.8 Å². The molecule has 0 saturated carbocycles. The third-order valence-corrected chi connectivity index (χ3v) is 5.50. The number of likely N-dealkylation sites (N-methyl/N-ethyl adjacent to an activating group) is 1. The van der Waals surface area contributed by atoms with Gasteiger partial charge in [0.1, 0.15) is 5.82 Å². The van der Waals surface area contributed by atoms with Gasteiger partial charge in [-0.3, -0.25) is 9.59 Å². The highest BCUT2D eigenvalue weighted by molar-refractivity contribution is 5.79. The van der Waals surface area contributed by atoms with E-state index in [1.54, 1.807) is 17.0 Å². The Balaban J connectivity index is 1.60. The van der Waals surface area contributed by atoms with Gasteiger partial charge in [0.05, 0.1) is 5.92 Å². The summed E-state index contributed by atoms with van der Waals surface area (Å²) in [7, 11) is 2.09. The fourth-order valence-corrected chi connectivity index (χ4v) is 3.82. The van der Waals surface area contributed by atoms with Crippen LogP contribution in [0.4, 0.5) is 4.39 Å². The first-order chi connectivity index (χ1) is 12.4. The van der Waals surface area contributed by atoms with Crippen LogP contribution in [0.15, 0.2) is 24.3 Å². The van der Waals surface area contributed by atoms with E-state index in [1.807, 2.05) is 0 Å². The lowest BCUT2D eigenvalue weighted by Crippen LogP contribution is -2.45. The molecule has 2 heterocycles. The third-order valence-electron chi connectivity index (χ3n) is 5.50. The van der Waals surface area contributed by atoms with E-state index < -0.39 is 11.9 Å². The molecule has 0 unspecified atom stereocenters. The van der Waals surface area contributed by atoms with Crippen LogP contribution >= 0.6 is 0 Å². The van der Waals surface area contributed by atoms with Crippen molar-refractivity contribution in [2.24, 2.45) is 5.92 Å². The molecule has 2 fully saturated rings. The molecule has 1 aromatic rings. The van der Waals surface area contributed by atoms with Gasteiger partial charge in [-0.05, 0) is 24.7 Å². The van der Waals surface area contributed by atoms with Crippen LogP contribution in [-0.2, 0) is 9.59 Å². The van der Waals surface area contributed by atoms with Gasteiger partial charge in [-0.1, -0.05) is 12.1 Å². The number of hydrogen-bond acceptors (Lipinski definition) is 4. The fraction of sp³-hybridized carbons (Fsp3) is 0.579. The van der Waals surface area contributed by atoms with Crippen molar-refractivity contribution in [3.63, 3.8) is 0 Å². The predicted molar refractivity (Wildman–Crippen MR) is 95.4 cm³/mol. The van der Waals surface area contributed by atoms with E-state index >= 15 is 0 Å². The summed E-state index contributed by atoms with van der Waals surface area (Å²) in [5, 5.41) is 9.53. The number of rotatable bonds is 5. The van der Waals surface area contributed by atoms with Crippen molar-refractivity contribution in [3.8, 4) is 0 Å². The van der Waals surface area contributed by atoms with Gasteiger partial charge >= 0.3 is 5.97 Å². The van der Waals surface area contributed by atoms with Crippen LogP contribution in [0.2, 0.25) is 0 Å². The van der Waals surface area contributed by atoms with Crippen molar-refractivity contribution >= 4 is 11.9 Å². The van der Waals surface area contributed by atoms with Gasteiger partial charge in [0.2, 0.25) is 5.91 Å². The van der Waals surface area contributed by atoms with Gasteiger partial charge in [0.25, 0.3) is 0 Å². The highest BCUT2D eigenvalue weighted by atomic mass is 19.1. The summed E-state index contributed by atoms with van der Waals surface area (Å²) in [5.74, 6) is -2.39. The van der Waals surface area contributed by atoms with Crippen LogP contribution in [0.25, 0.3) is 0 Å². The molecule has 1 aromatic carbocycles. The van der Waals surface area contributed by atoms with Crippen molar-refractivity contribution in [2.45, 2.75) is 12.3 Å². The Kier molecular flexibility index (Phi) is 5.88. The maximum absolute atomic E-state index is 13.5. The number of halogens is 1. The SMILES string of the molecule is CN1CCN(CCC(=O)N2C[C@H](C(=O)O)[C@@H](c3cccc(F)c3)C2)CC1. The Hall–Kier alpha value is -1.99. The molecule has 6 nitrogen and oxygen atoms in total. The van der Waals surface area contributed by atoms with Crippen LogP contribution in [0.1, 0.15) is 17.9 Å². The predicted octanol–water partition coefficient (Wildman–Crippen LogP) is 1.09. The number of carboxylic acid groups (broad SMARTS) is 1. The second kappa shape index (κ2) is 8.14. The highest BCUT2D eigenvalue weighted by Gasteiger charge is 2.40. The minimum absolute atomic E-state index is 0.0194. The standard InChI is InChI=1S/C19H26FN3O3/c1-21-7-9-22(10-8-21)6-5-18(24)23-12-16(17(13-23)19(25)26)14-3-2-4-15(20)11-14/h2-4,11,16-17H,5-10,12-13H2,1H3,(H,25,26)/t16-,17+/m1/s1. The Morgan fingerprint density at radius 2 is 1.92 bits per heavy atom. The maximum atomic E-state index is 13.5. The normalized spacial score (nSPS) is 24.8. The number of nitrogens with zero attached hydrogens (tertiary/aromatic N) is 3. The molecule has 1 amide bonds. The number of carbonyl (C=O) groups is 2. The number of carboxylic acids is 1. The summed E-state index contributed by atoms with van der Waals surface area (Å²) >= 11 is 0. The lowest BCUT2D eigenvalue weighted by molar-refractivity contribution is -0.141. The molecule has 0 bridgehead atoms. The van der Waals surface area contributed by atoms with Crippen molar-refractivity contribution in [2.75, 3.05) is 52.9 Å². The number of aliphatic carboxylic acids is 1. The Morgan fingerprint density at radius 3 is 2.58 bits per heavy atom. The molecule has 2 atom stereocenters. The molecule has 2 aliphatic rings. The van der Waals surface area contributed by atoms with Gasteiger partial charge in [-0.25, -0.2) is 4.39 Å². The molecule has 3 rings (SSSR count). The first kappa shape index (κ1) is 18.8. The largest absolute Gasteiger partial charge is 0.481 e. The van der Waals surface area contributed by atoms with Crippen molar-refractivity contribution < 1.29 is 19.1 Å². The summed E-state index contributed by atoms with van der Waals surface area (Å²) in [5.41, 5.74) is 0.645. The summed E-state index contributed by atoms with van der Waals surface area (Å²) in [6, 6.07) is 6.04. The number of piperazine rings is 1. The summed E-state index contributed by atoms with van der Waals surface area (Å²) < 4.78 is 13.5. The minimum Gasteiger partial charge on any atom is -0.481 e. The zero-order chi connectivity index (χ0) is 18.7. The summed E-state index contributed by atoms with van der Waals surface area (Å²) in [6.07, 6.45) is 0.395. The second-order valence-corrected chi connectivity index (χ2v) is 7.30. The number of amides is 1. The van der Waals surface area contributed by atoms with Crippen molar-refractivity contribution in [3.05, 3.63) is 35.6 Å². The van der Waals surface area contributed by atoms with Crippen LogP contribution in [0, 0.1) is 11.7 Å². The molecule has 2 aliphatic heterocycles. The first-order valence-electron chi connectivity index (χ1n) is 9.11. The Labute approximate surface area is 153 Å². The monoisotopic (exact) mass is 363 g/mol. The van der Waals surface area contributed by atoms with Crippen LogP contribution < -0.4 is 0 Å². The van der Waals surface area contributed by atoms with E-state index in [-0.39, 0.29) is 24.2 Å². The average Bonchev–Trinajstić information content (AvgIpc) is 3.07. The molecule has 7 heteroatoms.